The van der Waals surface area contributed by atoms with Crippen LogP contribution in [0.5, 0.6) is 0 Å². The Morgan fingerprint density at radius 2 is 1.85 bits per heavy atom. The van der Waals surface area contributed by atoms with Crippen LogP contribution in [0.1, 0.15) is 29.8 Å². The summed E-state index contributed by atoms with van der Waals surface area (Å²) in [6.45, 7) is 3.12. The molecule has 2 aliphatic heterocycles. The molecule has 1 unspecified atom stereocenters. The lowest BCUT2D eigenvalue weighted by atomic mass is 9.96. The van der Waals surface area contributed by atoms with Gasteiger partial charge in [0, 0.05) is 10.8 Å². The van der Waals surface area contributed by atoms with Gasteiger partial charge in [-0.3, -0.25) is 9.59 Å². The van der Waals surface area contributed by atoms with E-state index in [4.69, 9.17) is 9.47 Å². The molecule has 0 saturated carbocycles. The molecule has 1 aromatic heterocycles. The SMILES string of the molecule is C[n+]1cccc(C(=O)OCOC(=O)C2N3C(=O)[C@@H](NC(=O)Cc4ccccc4)[C@H]3SC2(C)C)c1. The van der Waals surface area contributed by atoms with Crippen molar-refractivity contribution in [1.82, 2.24) is 10.2 Å². The second-order valence-corrected chi connectivity index (χ2v) is 10.5. The number of benzene rings is 1. The number of rotatable bonds is 7. The lowest BCUT2D eigenvalue weighted by molar-refractivity contribution is -0.671. The minimum atomic E-state index is -0.856. The molecule has 2 aromatic rings. The van der Waals surface area contributed by atoms with Crippen molar-refractivity contribution < 1.29 is 33.2 Å². The molecule has 2 amide bonds. The summed E-state index contributed by atoms with van der Waals surface area (Å²) in [5.41, 5.74) is 1.17. The number of pyridine rings is 1. The molecule has 0 aliphatic carbocycles. The Bertz CT molecular complexity index is 1120. The van der Waals surface area contributed by atoms with Gasteiger partial charge in [0.15, 0.2) is 12.4 Å². The van der Waals surface area contributed by atoms with E-state index in [-0.39, 0.29) is 23.6 Å². The highest BCUT2D eigenvalue weighted by Gasteiger charge is 2.64. The molecule has 4 rings (SSSR count). The summed E-state index contributed by atoms with van der Waals surface area (Å²) in [4.78, 5) is 51.7. The minimum Gasteiger partial charge on any atom is -0.426 e. The first kappa shape index (κ1) is 23.7. The van der Waals surface area contributed by atoms with Crippen LogP contribution in [-0.4, -0.2) is 57.7 Å². The molecule has 3 atom stereocenters. The first-order valence-corrected chi connectivity index (χ1v) is 11.7. The average Bonchev–Trinajstić information content (AvgIpc) is 3.05. The number of aromatic nitrogens is 1. The Hall–Kier alpha value is -3.40. The zero-order chi connectivity index (χ0) is 24.5. The number of carbonyl (C=O) groups is 4. The van der Waals surface area contributed by atoms with Gasteiger partial charge in [0.2, 0.25) is 18.6 Å². The van der Waals surface area contributed by atoms with Crippen molar-refractivity contribution in [3.05, 3.63) is 66.0 Å². The standard InChI is InChI=1S/C24H25N3O6S/c1-24(2)19(23(31)33-14-32-22(30)16-10-7-11-26(3)13-16)27-20(29)18(21(27)34-24)25-17(28)12-15-8-5-4-6-9-15/h4-11,13,18-19,21H,12,14H2,1-3H3/p+1/t18-,19?,21-/m1/s1. The third kappa shape index (κ3) is 4.77. The van der Waals surface area contributed by atoms with Crippen LogP contribution in [0, 0.1) is 0 Å². The zero-order valence-corrected chi connectivity index (χ0v) is 19.9. The van der Waals surface area contributed by atoms with E-state index in [0.29, 0.717) is 5.56 Å². The number of hydrogen-bond acceptors (Lipinski definition) is 7. The van der Waals surface area contributed by atoms with Crippen LogP contribution in [-0.2, 0) is 37.3 Å². The fraction of sp³-hybridized carbons (Fsp3) is 0.375. The highest BCUT2D eigenvalue weighted by atomic mass is 32.2. The molecule has 2 aliphatic rings. The van der Waals surface area contributed by atoms with Gasteiger partial charge in [0.05, 0.1) is 6.42 Å². The fourth-order valence-corrected chi connectivity index (χ4v) is 5.76. The minimum absolute atomic E-state index is 0.168. The molecular weight excluding hydrogens is 458 g/mol. The lowest BCUT2D eigenvalue weighted by Gasteiger charge is -2.43. The molecule has 9 nitrogen and oxygen atoms in total. The summed E-state index contributed by atoms with van der Waals surface area (Å²) in [6.07, 6.45) is 3.53. The summed E-state index contributed by atoms with van der Waals surface area (Å²) in [7, 11) is 1.77. The van der Waals surface area contributed by atoms with Gasteiger partial charge in [-0.1, -0.05) is 30.3 Å². The van der Waals surface area contributed by atoms with E-state index in [1.54, 1.807) is 36.1 Å². The van der Waals surface area contributed by atoms with Gasteiger partial charge in [0.1, 0.15) is 30.1 Å². The maximum Gasteiger partial charge on any atom is 0.347 e. The van der Waals surface area contributed by atoms with Crippen LogP contribution in [0.3, 0.4) is 0 Å². The van der Waals surface area contributed by atoms with Crippen molar-refractivity contribution in [2.75, 3.05) is 6.79 Å². The Balaban J connectivity index is 1.32. The Morgan fingerprint density at radius 1 is 1.12 bits per heavy atom. The number of amides is 2. The number of hydrogen-bond donors (Lipinski definition) is 1. The Morgan fingerprint density at radius 3 is 2.56 bits per heavy atom. The van der Waals surface area contributed by atoms with Crippen LogP contribution in [0.25, 0.3) is 0 Å². The maximum absolute atomic E-state index is 12.8. The normalized spacial score (nSPS) is 22.4. The lowest BCUT2D eigenvalue weighted by Crippen LogP contribution is -2.70. The average molecular weight is 485 g/mol. The molecular formula is C24H26N3O6S+. The number of thioether (sulfide) groups is 1. The first-order valence-electron chi connectivity index (χ1n) is 10.8. The van der Waals surface area contributed by atoms with Crippen LogP contribution in [0.2, 0.25) is 0 Å². The highest BCUT2D eigenvalue weighted by Crippen LogP contribution is 2.51. The summed E-state index contributed by atoms with van der Waals surface area (Å²) in [5.74, 6) is -1.87. The van der Waals surface area contributed by atoms with Crippen molar-refractivity contribution in [1.29, 1.82) is 0 Å². The van der Waals surface area contributed by atoms with Gasteiger partial charge >= 0.3 is 11.9 Å². The van der Waals surface area contributed by atoms with Gasteiger partial charge in [-0.15, -0.1) is 11.8 Å². The van der Waals surface area contributed by atoms with Crippen LogP contribution in [0.15, 0.2) is 54.9 Å². The van der Waals surface area contributed by atoms with Crippen molar-refractivity contribution in [2.45, 2.75) is 42.5 Å². The quantitative estimate of drug-likeness (QED) is 0.270. The zero-order valence-electron chi connectivity index (χ0n) is 19.1. The van der Waals surface area contributed by atoms with Crippen molar-refractivity contribution >= 4 is 35.5 Å². The molecule has 0 spiro atoms. The van der Waals surface area contributed by atoms with E-state index in [2.05, 4.69) is 5.32 Å². The molecule has 1 aromatic carbocycles. The molecule has 3 heterocycles. The van der Waals surface area contributed by atoms with E-state index in [1.807, 2.05) is 44.2 Å². The Kier molecular flexibility index (Phi) is 6.60. The predicted molar refractivity (Wildman–Crippen MR) is 122 cm³/mol. The summed E-state index contributed by atoms with van der Waals surface area (Å²) >= 11 is 1.43. The molecule has 2 saturated heterocycles. The number of fused-ring (bicyclic) bond motifs is 1. The second-order valence-electron chi connectivity index (χ2n) is 8.74. The van der Waals surface area contributed by atoms with E-state index >= 15 is 0 Å². The summed E-state index contributed by atoms with van der Waals surface area (Å²) < 4.78 is 11.3. The molecule has 1 N–H and O–H groups in total. The molecule has 2 fully saturated rings. The molecule has 178 valence electrons. The summed E-state index contributed by atoms with van der Waals surface area (Å²) in [6, 6.07) is 11.0. The smallest absolute Gasteiger partial charge is 0.347 e. The van der Waals surface area contributed by atoms with Crippen molar-refractivity contribution in [3.63, 3.8) is 0 Å². The van der Waals surface area contributed by atoms with Crippen LogP contribution < -0.4 is 9.88 Å². The number of nitrogens with one attached hydrogen (secondary N) is 1. The van der Waals surface area contributed by atoms with Crippen LogP contribution in [0.4, 0.5) is 0 Å². The predicted octanol–water partition coefficient (Wildman–Crippen LogP) is 0.958. The van der Waals surface area contributed by atoms with E-state index in [0.717, 1.165) is 5.56 Å². The number of ether oxygens (including phenoxy) is 2. The van der Waals surface area contributed by atoms with Gasteiger partial charge in [-0.25, -0.2) is 14.2 Å². The molecule has 34 heavy (non-hydrogen) atoms. The molecule has 0 bridgehead atoms. The first-order chi connectivity index (χ1) is 16.2. The maximum atomic E-state index is 12.8. The topological polar surface area (TPSA) is 106 Å². The van der Waals surface area contributed by atoms with E-state index in [1.165, 1.54) is 16.7 Å². The van der Waals surface area contributed by atoms with E-state index < -0.39 is 35.6 Å². The third-order valence-corrected chi connectivity index (χ3v) is 7.33. The number of aryl methyl sites for hydroxylation is 1. The largest absolute Gasteiger partial charge is 0.426 e. The number of esters is 2. The van der Waals surface area contributed by atoms with Crippen molar-refractivity contribution in [3.8, 4) is 0 Å². The van der Waals surface area contributed by atoms with E-state index in [9.17, 15) is 19.2 Å². The monoisotopic (exact) mass is 484 g/mol. The van der Waals surface area contributed by atoms with Gasteiger partial charge in [-0.2, -0.15) is 0 Å². The third-order valence-electron chi connectivity index (χ3n) is 5.75. The van der Waals surface area contributed by atoms with Gasteiger partial charge < -0.3 is 19.7 Å². The van der Waals surface area contributed by atoms with Gasteiger partial charge in [-0.05, 0) is 25.5 Å². The summed E-state index contributed by atoms with van der Waals surface area (Å²) in [5, 5.41) is 2.42. The highest BCUT2D eigenvalue weighted by molar-refractivity contribution is 8.01. The molecule has 10 heteroatoms. The number of β-lactam (4-membered cyclic amide) rings is 1. The van der Waals surface area contributed by atoms with Crippen LogP contribution >= 0.6 is 11.8 Å². The fourth-order valence-electron chi connectivity index (χ4n) is 4.14. The number of carbonyl (C=O) groups excluding carboxylic acids is 4. The number of nitrogens with zero attached hydrogens (tertiary/aromatic N) is 2. The Labute approximate surface area is 201 Å². The van der Waals surface area contributed by atoms with Crippen molar-refractivity contribution in [2.24, 2.45) is 7.05 Å². The molecule has 0 radical (unpaired) electrons. The second kappa shape index (κ2) is 9.46. The van der Waals surface area contributed by atoms with Gasteiger partial charge in [0.25, 0.3) is 0 Å².